The van der Waals surface area contributed by atoms with Gasteiger partial charge >= 0.3 is 5.97 Å². The maximum absolute atomic E-state index is 12.8. The fourth-order valence-electron chi connectivity index (χ4n) is 3.11. The average Bonchev–Trinajstić information content (AvgIpc) is 3.12. The van der Waals surface area contributed by atoms with Crippen LogP contribution in [-0.4, -0.2) is 35.1 Å². The first-order valence-electron chi connectivity index (χ1n) is 10.2. The zero-order valence-electron chi connectivity index (χ0n) is 18.7. The van der Waals surface area contributed by atoms with Gasteiger partial charge in [0.15, 0.2) is 6.10 Å². The van der Waals surface area contributed by atoms with Crippen molar-refractivity contribution in [3.63, 3.8) is 0 Å². The van der Waals surface area contributed by atoms with E-state index in [9.17, 15) is 9.59 Å². The summed E-state index contributed by atoms with van der Waals surface area (Å²) < 4.78 is 10.8. The van der Waals surface area contributed by atoms with Crippen LogP contribution >= 0.6 is 11.6 Å². The number of aromatic nitrogens is 2. The lowest BCUT2D eigenvalue weighted by Crippen LogP contribution is -2.32. The summed E-state index contributed by atoms with van der Waals surface area (Å²) in [7, 11) is 1.49. The molecule has 1 unspecified atom stereocenters. The first-order chi connectivity index (χ1) is 15.2. The minimum Gasteiger partial charge on any atom is -0.495 e. The van der Waals surface area contributed by atoms with Crippen LogP contribution < -0.4 is 10.1 Å². The van der Waals surface area contributed by atoms with E-state index in [1.54, 1.807) is 43.3 Å². The van der Waals surface area contributed by atoms with E-state index in [4.69, 9.17) is 21.1 Å². The van der Waals surface area contributed by atoms with Crippen LogP contribution in [0.3, 0.4) is 0 Å². The summed E-state index contributed by atoms with van der Waals surface area (Å²) in [5.74, 6) is 0.135. The number of carbonyl (C=O) groups excluding carboxylic acids is 2. The van der Waals surface area contributed by atoms with E-state index in [1.807, 2.05) is 20.8 Å². The molecule has 3 aromatic rings. The molecule has 2 N–H and O–H groups in total. The Labute approximate surface area is 192 Å². The highest BCUT2D eigenvalue weighted by atomic mass is 35.5. The van der Waals surface area contributed by atoms with Gasteiger partial charge in [-0.05, 0) is 51.0 Å². The van der Waals surface area contributed by atoms with Gasteiger partial charge in [0.2, 0.25) is 0 Å². The minimum atomic E-state index is -0.960. The number of methoxy groups -OCH3 is 1. The van der Waals surface area contributed by atoms with Gasteiger partial charge in [0.1, 0.15) is 11.6 Å². The molecule has 8 heteroatoms. The molecule has 0 aliphatic rings. The van der Waals surface area contributed by atoms with Crippen LogP contribution in [0, 0.1) is 20.8 Å². The predicted octanol–water partition coefficient (Wildman–Crippen LogP) is 5.24. The predicted molar refractivity (Wildman–Crippen MR) is 124 cm³/mol. The van der Waals surface area contributed by atoms with Crippen LogP contribution in [0.1, 0.15) is 40.7 Å². The zero-order chi connectivity index (χ0) is 23.4. The molecule has 0 aliphatic carbocycles. The first-order valence-corrected chi connectivity index (χ1v) is 10.6. The molecule has 0 radical (unpaired) electrons. The lowest BCUT2D eigenvalue weighted by molar-refractivity contribution is -0.124. The number of esters is 1. The molecule has 0 spiro atoms. The van der Waals surface area contributed by atoms with Crippen LogP contribution in [0.2, 0.25) is 5.02 Å². The first kappa shape index (κ1) is 23.3. The highest BCUT2D eigenvalue weighted by Crippen LogP contribution is 2.31. The van der Waals surface area contributed by atoms with Crippen molar-refractivity contribution in [1.82, 2.24) is 9.97 Å². The van der Waals surface area contributed by atoms with Gasteiger partial charge < -0.3 is 19.8 Å². The summed E-state index contributed by atoms with van der Waals surface area (Å²) in [6.07, 6.45) is -0.645. The molecule has 7 nitrogen and oxygen atoms in total. The summed E-state index contributed by atoms with van der Waals surface area (Å²) >= 11 is 6.12. The molecule has 2 aromatic carbocycles. The number of nitrogens with one attached hydrogen (secondary N) is 2. The van der Waals surface area contributed by atoms with Gasteiger partial charge in [0.25, 0.3) is 5.91 Å². The Balaban J connectivity index is 1.70. The largest absolute Gasteiger partial charge is 0.495 e. The molecule has 0 fully saturated rings. The molecule has 1 amide bonds. The van der Waals surface area contributed by atoms with Crippen molar-refractivity contribution in [2.75, 3.05) is 12.4 Å². The highest BCUT2D eigenvalue weighted by molar-refractivity contribution is 6.31. The van der Waals surface area contributed by atoms with E-state index in [0.29, 0.717) is 28.4 Å². The Morgan fingerprint density at radius 3 is 2.41 bits per heavy atom. The molecule has 3 rings (SSSR count). The number of amides is 1. The average molecular weight is 456 g/mol. The summed E-state index contributed by atoms with van der Waals surface area (Å²) in [5.41, 5.74) is 4.37. The Kier molecular flexibility index (Phi) is 7.20. The van der Waals surface area contributed by atoms with Crippen LogP contribution in [0.15, 0.2) is 36.4 Å². The molecule has 1 aromatic heterocycles. The number of aromatic amines is 1. The van der Waals surface area contributed by atoms with Gasteiger partial charge in [-0.1, -0.05) is 30.7 Å². The van der Waals surface area contributed by atoms with Gasteiger partial charge in [-0.15, -0.1) is 0 Å². The van der Waals surface area contributed by atoms with Gasteiger partial charge in [0.05, 0.1) is 24.1 Å². The Bertz CT molecular complexity index is 1120. The van der Waals surface area contributed by atoms with Crippen molar-refractivity contribution >= 4 is 29.2 Å². The maximum Gasteiger partial charge on any atom is 0.338 e. The van der Waals surface area contributed by atoms with Crippen molar-refractivity contribution < 1.29 is 19.1 Å². The fourth-order valence-corrected chi connectivity index (χ4v) is 3.26. The van der Waals surface area contributed by atoms with Gasteiger partial charge in [-0.25, -0.2) is 9.78 Å². The lowest BCUT2D eigenvalue weighted by Gasteiger charge is -2.18. The number of benzene rings is 2. The van der Waals surface area contributed by atoms with Crippen molar-refractivity contribution in [3.8, 4) is 17.1 Å². The summed E-state index contributed by atoms with van der Waals surface area (Å²) in [4.78, 5) is 33.1. The minimum absolute atomic E-state index is 0.315. The quantitative estimate of drug-likeness (QED) is 0.475. The second-order valence-corrected chi connectivity index (χ2v) is 7.87. The fraction of sp³-hybridized carbons (Fsp3) is 0.292. The number of rotatable bonds is 7. The van der Waals surface area contributed by atoms with Crippen LogP contribution in [-0.2, 0) is 9.53 Å². The van der Waals surface area contributed by atoms with Crippen molar-refractivity contribution in [1.29, 1.82) is 0 Å². The number of hydrogen-bond donors (Lipinski definition) is 2. The van der Waals surface area contributed by atoms with Crippen LogP contribution in [0.5, 0.6) is 5.75 Å². The lowest BCUT2D eigenvalue weighted by atomic mass is 10.1. The van der Waals surface area contributed by atoms with Crippen molar-refractivity contribution in [3.05, 3.63) is 63.9 Å². The van der Waals surface area contributed by atoms with E-state index in [0.717, 1.165) is 28.3 Å². The Morgan fingerprint density at radius 2 is 1.84 bits per heavy atom. The Hall–Kier alpha value is -3.32. The SMILES string of the molecule is CCC(OC(=O)c1ccc(-c2nc(C)c(C)[nH]2)cc1)C(=O)Nc1cc(C)c(Cl)cc1OC. The molecule has 0 saturated carbocycles. The molecule has 1 heterocycles. The summed E-state index contributed by atoms with van der Waals surface area (Å²) in [5, 5.41) is 3.29. The molecule has 0 bridgehead atoms. The number of imidazole rings is 1. The number of halogens is 1. The molecule has 0 saturated heterocycles. The topological polar surface area (TPSA) is 93.3 Å². The summed E-state index contributed by atoms with van der Waals surface area (Å²) in [6, 6.07) is 10.2. The number of aryl methyl sites for hydroxylation is 3. The van der Waals surface area contributed by atoms with Crippen molar-refractivity contribution in [2.45, 2.75) is 40.2 Å². The monoisotopic (exact) mass is 455 g/mol. The van der Waals surface area contributed by atoms with E-state index in [-0.39, 0.29) is 0 Å². The van der Waals surface area contributed by atoms with Crippen LogP contribution in [0.4, 0.5) is 5.69 Å². The highest BCUT2D eigenvalue weighted by Gasteiger charge is 2.23. The number of nitrogens with zero attached hydrogens (tertiary/aromatic N) is 1. The smallest absolute Gasteiger partial charge is 0.338 e. The zero-order valence-corrected chi connectivity index (χ0v) is 19.5. The molecule has 1 atom stereocenters. The number of ether oxygens (including phenoxy) is 2. The van der Waals surface area contributed by atoms with E-state index >= 15 is 0 Å². The third-order valence-electron chi connectivity index (χ3n) is 5.17. The Morgan fingerprint density at radius 1 is 1.16 bits per heavy atom. The number of carbonyl (C=O) groups is 2. The molecular formula is C24H26ClN3O4. The van der Waals surface area contributed by atoms with Gasteiger partial charge in [-0.2, -0.15) is 0 Å². The van der Waals surface area contributed by atoms with E-state index in [1.165, 1.54) is 7.11 Å². The third kappa shape index (κ3) is 5.11. The normalized spacial score (nSPS) is 11.7. The molecule has 0 aliphatic heterocycles. The molecular weight excluding hydrogens is 430 g/mol. The second-order valence-electron chi connectivity index (χ2n) is 7.47. The number of anilines is 1. The van der Waals surface area contributed by atoms with Gasteiger partial charge in [-0.3, -0.25) is 4.79 Å². The molecule has 168 valence electrons. The summed E-state index contributed by atoms with van der Waals surface area (Å²) in [6.45, 7) is 7.47. The maximum atomic E-state index is 12.8. The van der Waals surface area contributed by atoms with E-state index < -0.39 is 18.0 Å². The third-order valence-corrected chi connectivity index (χ3v) is 5.58. The molecule has 32 heavy (non-hydrogen) atoms. The number of hydrogen-bond acceptors (Lipinski definition) is 5. The van der Waals surface area contributed by atoms with Gasteiger partial charge in [0, 0.05) is 22.3 Å². The standard InChI is InChI=1S/C24H26ClN3O4/c1-6-20(23(29)28-19-11-13(2)18(25)12-21(19)31-5)32-24(30)17-9-7-16(8-10-17)22-26-14(3)15(4)27-22/h7-12,20H,6H2,1-5H3,(H,26,27)(H,28,29). The van der Waals surface area contributed by atoms with Crippen molar-refractivity contribution in [2.24, 2.45) is 0 Å². The van der Waals surface area contributed by atoms with Crippen LogP contribution in [0.25, 0.3) is 11.4 Å². The second kappa shape index (κ2) is 9.87. The van der Waals surface area contributed by atoms with E-state index in [2.05, 4.69) is 15.3 Å². The number of H-pyrrole nitrogens is 1.